The van der Waals surface area contributed by atoms with E-state index >= 15 is 0 Å². The first kappa shape index (κ1) is 11.4. The van der Waals surface area contributed by atoms with Crippen molar-refractivity contribution in [2.75, 3.05) is 25.5 Å². The number of anilines is 1. The van der Waals surface area contributed by atoms with Crippen LogP contribution in [0.5, 0.6) is 0 Å². The van der Waals surface area contributed by atoms with E-state index in [-0.39, 0.29) is 0 Å². The van der Waals surface area contributed by atoms with Gasteiger partial charge >= 0.3 is 0 Å². The quantitative estimate of drug-likeness (QED) is 0.847. The topological polar surface area (TPSA) is 52.0 Å². The molecule has 1 aliphatic rings. The fourth-order valence-corrected chi connectivity index (χ4v) is 2.44. The third-order valence-corrected chi connectivity index (χ3v) is 3.79. The van der Waals surface area contributed by atoms with Gasteiger partial charge in [-0.15, -0.1) is 0 Å². The third-order valence-electron chi connectivity index (χ3n) is 2.89. The summed E-state index contributed by atoms with van der Waals surface area (Å²) in [5.41, 5.74) is 1.52. The predicted octanol–water partition coefficient (Wildman–Crippen LogP) is 1.83. The molecule has 4 nitrogen and oxygen atoms in total. The Morgan fingerprint density at radius 2 is 2.38 bits per heavy atom. The third kappa shape index (κ3) is 2.52. The van der Waals surface area contributed by atoms with Gasteiger partial charge in [0.05, 0.1) is 5.69 Å². The van der Waals surface area contributed by atoms with Crippen LogP contribution in [0.3, 0.4) is 0 Å². The summed E-state index contributed by atoms with van der Waals surface area (Å²) in [6, 6.07) is 2.98. The summed E-state index contributed by atoms with van der Waals surface area (Å²) < 4.78 is 4.18. The molecule has 0 aliphatic heterocycles. The summed E-state index contributed by atoms with van der Waals surface area (Å²) in [4.78, 5) is 2.37. The van der Waals surface area contributed by atoms with E-state index < -0.39 is 0 Å². The summed E-state index contributed by atoms with van der Waals surface area (Å²) >= 11 is 1.37. The molecule has 0 bridgehead atoms. The van der Waals surface area contributed by atoms with Gasteiger partial charge in [0, 0.05) is 19.1 Å². The maximum atomic E-state index is 8.96. The Labute approximate surface area is 100 Å². The van der Waals surface area contributed by atoms with Crippen LogP contribution in [0, 0.1) is 18.3 Å². The van der Waals surface area contributed by atoms with E-state index in [1.807, 2.05) is 6.92 Å². The first-order valence-corrected chi connectivity index (χ1v) is 6.30. The summed E-state index contributed by atoms with van der Waals surface area (Å²) in [7, 11) is 2.16. The summed E-state index contributed by atoms with van der Waals surface area (Å²) in [5.74, 6) is 0. The van der Waals surface area contributed by atoms with Crippen LogP contribution >= 0.6 is 11.5 Å². The maximum absolute atomic E-state index is 8.96. The Bertz CT molecular complexity index is 403. The zero-order valence-corrected chi connectivity index (χ0v) is 10.5. The van der Waals surface area contributed by atoms with Crippen LogP contribution in [0.4, 0.5) is 5.00 Å². The van der Waals surface area contributed by atoms with E-state index in [2.05, 4.69) is 27.7 Å². The lowest BCUT2D eigenvalue weighted by Gasteiger charge is -2.15. The number of nitriles is 1. The first-order valence-electron chi connectivity index (χ1n) is 5.53. The lowest BCUT2D eigenvalue weighted by atomic mass is 10.3. The minimum Gasteiger partial charge on any atom is -0.373 e. The van der Waals surface area contributed by atoms with Crippen molar-refractivity contribution < 1.29 is 0 Å². The van der Waals surface area contributed by atoms with Gasteiger partial charge in [-0.25, -0.2) is 0 Å². The molecule has 0 unspecified atom stereocenters. The number of likely N-dealkylation sites (N-methyl/N-ethyl adjacent to an activating group) is 1. The van der Waals surface area contributed by atoms with Crippen molar-refractivity contribution in [1.29, 1.82) is 5.26 Å². The largest absolute Gasteiger partial charge is 0.373 e. The van der Waals surface area contributed by atoms with E-state index in [1.54, 1.807) is 0 Å². The molecule has 0 atom stereocenters. The number of hydrogen-bond acceptors (Lipinski definition) is 5. The molecular formula is C11H16N4S. The van der Waals surface area contributed by atoms with E-state index in [0.717, 1.165) is 29.8 Å². The molecule has 0 saturated heterocycles. The van der Waals surface area contributed by atoms with Crippen molar-refractivity contribution in [1.82, 2.24) is 9.27 Å². The molecule has 0 spiro atoms. The van der Waals surface area contributed by atoms with Crippen LogP contribution < -0.4 is 5.32 Å². The van der Waals surface area contributed by atoms with Gasteiger partial charge in [-0.1, -0.05) is 0 Å². The molecule has 16 heavy (non-hydrogen) atoms. The Hall–Kier alpha value is -1.12. The molecule has 86 valence electrons. The van der Waals surface area contributed by atoms with Gasteiger partial charge in [0.2, 0.25) is 0 Å². The molecule has 5 heteroatoms. The molecule has 0 aromatic carbocycles. The highest BCUT2D eigenvalue weighted by atomic mass is 32.1. The second kappa shape index (κ2) is 4.81. The summed E-state index contributed by atoms with van der Waals surface area (Å²) in [5, 5.41) is 13.2. The number of aryl methyl sites for hydroxylation is 1. The van der Waals surface area contributed by atoms with Gasteiger partial charge in [-0.2, -0.15) is 9.64 Å². The van der Waals surface area contributed by atoms with Crippen LogP contribution in [-0.2, 0) is 0 Å². The van der Waals surface area contributed by atoms with Gasteiger partial charge in [0.15, 0.2) is 0 Å². The minimum atomic E-state index is 0.694. The highest BCUT2D eigenvalue weighted by Crippen LogP contribution is 2.25. The molecule has 1 N–H and O–H groups in total. The average molecular weight is 236 g/mol. The van der Waals surface area contributed by atoms with Crippen LogP contribution in [0.15, 0.2) is 0 Å². The predicted molar refractivity (Wildman–Crippen MR) is 65.7 cm³/mol. The Morgan fingerprint density at radius 1 is 1.62 bits per heavy atom. The standard InChI is InChI=1S/C11H16N4S/c1-8-10(7-12)11(16-14-8)13-5-6-15(2)9-3-4-9/h9,13H,3-6H2,1-2H3. The first-order chi connectivity index (χ1) is 7.72. The van der Waals surface area contributed by atoms with Crippen molar-refractivity contribution in [2.24, 2.45) is 0 Å². The van der Waals surface area contributed by atoms with E-state index in [1.165, 1.54) is 24.4 Å². The number of hydrogen-bond donors (Lipinski definition) is 1. The van der Waals surface area contributed by atoms with Crippen molar-refractivity contribution >= 4 is 16.5 Å². The van der Waals surface area contributed by atoms with E-state index in [0.29, 0.717) is 5.56 Å². The SMILES string of the molecule is Cc1nsc(NCCN(C)C2CC2)c1C#N. The molecule has 0 amide bonds. The monoisotopic (exact) mass is 236 g/mol. The zero-order valence-electron chi connectivity index (χ0n) is 9.66. The van der Waals surface area contributed by atoms with Gasteiger partial charge in [-0.3, -0.25) is 0 Å². The second-order valence-corrected chi connectivity index (χ2v) is 5.00. The summed E-state index contributed by atoms with van der Waals surface area (Å²) in [6.45, 7) is 3.77. The second-order valence-electron chi connectivity index (χ2n) is 4.22. The smallest absolute Gasteiger partial charge is 0.127 e. The van der Waals surface area contributed by atoms with Crippen LogP contribution in [-0.4, -0.2) is 35.5 Å². The molecule has 1 heterocycles. The van der Waals surface area contributed by atoms with Gasteiger partial charge < -0.3 is 10.2 Å². The van der Waals surface area contributed by atoms with Crippen molar-refractivity contribution in [3.05, 3.63) is 11.3 Å². The molecule has 1 aliphatic carbocycles. The fraction of sp³-hybridized carbons (Fsp3) is 0.636. The molecule has 2 rings (SSSR count). The van der Waals surface area contributed by atoms with Gasteiger partial charge in [0.1, 0.15) is 16.6 Å². The van der Waals surface area contributed by atoms with Crippen LogP contribution in [0.25, 0.3) is 0 Å². The van der Waals surface area contributed by atoms with Crippen molar-refractivity contribution in [3.8, 4) is 6.07 Å². The van der Waals surface area contributed by atoms with Crippen molar-refractivity contribution in [2.45, 2.75) is 25.8 Å². The molecule has 0 radical (unpaired) electrons. The molecule has 1 saturated carbocycles. The maximum Gasteiger partial charge on any atom is 0.127 e. The van der Waals surface area contributed by atoms with E-state index in [4.69, 9.17) is 5.26 Å². The van der Waals surface area contributed by atoms with Crippen LogP contribution in [0.2, 0.25) is 0 Å². The van der Waals surface area contributed by atoms with Crippen LogP contribution in [0.1, 0.15) is 24.1 Å². The fourth-order valence-electron chi connectivity index (χ4n) is 1.67. The molecule has 1 aromatic heterocycles. The summed E-state index contributed by atoms with van der Waals surface area (Å²) in [6.07, 6.45) is 2.67. The lowest BCUT2D eigenvalue weighted by Crippen LogP contribution is -2.26. The Morgan fingerprint density at radius 3 is 3.00 bits per heavy atom. The highest BCUT2D eigenvalue weighted by molar-refractivity contribution is 7.10. The molecule has 1 aromatic rings. The average Bonchev–Trinajstić information content (AvgIpc) is 3.05. The molecular weight excluding hydrogens is 220 g/mol. The highest BCUT2D eigenvalue weighted by Gasteiger charge is 2.25. The number of nitrogens with one attached hydrogen (secondary N) is 1. The number of aromatic nitrogens is 1. The minimum absolute atomic E-state index is 0.694. The van der Waals surface area contributed by atoms with Crippen molar-refractivity contribution in [3.63, 3.8) is 0 Å². The number of nitrogens with zero attached hydrogens (tertiary/aromatic N) is 3. The van der Waals surface area contributed by atoms with Gasteiger partial charge in [-0.05, 0) is 38.3 Å². The van der Waals surface area contributed by atoms with E-state index in [9.17, 15) is 0 Å². The molecule has 1 fully saturated rings. The number of rotatable bonds is 5. The normalized spacial score (nSPS) is 15.1. The zero-order chi connectivity index (χ0) is 11.5. The Balaban J connectivity index is 1.82. The lowest BCUT2D eigenvalue weighted by molar-refractivity contribution is 0.337. The van der Waals surface area contributed by atoms with Gasteiger partial charge in [0.25, 0.3) is 0 Å². The Kier molecular flexibility index (Phi) is 3.42.